The predicted molar refractivity (Wildman–Crippen MR) is 65.9 cm³/mol. The molecule has 7 heteroatoms. The van der Waals surface area contributed by atoms with Crippen LogP contribution in [0.15, 0.2) is 17.3 Å². The topological polar surface area (TPSA) is 78.3 Å². The van der Waals surface area contributed by atoms with Crippen LogP contribution in [-0.2, 0) is 19.4 Å². The Labute approximate surface area is 107 Å². The molecule has 0 fully saturated rings. The molecular formula is C11H18N2O4S. The summed E-state index contributed by atoms with van der Waals surface area (Å²) in [4.78, 5) is 11.7. The Kier molecular flexibility index (Phi) is 4.89. The lowest BCUT2D eigenvalue weighted by molar-refractivity contribution is -0.145. The average molecular weight is 274 g/mol. The minimum absolute atomic E-state index is 0.105. The molecule has 1 atom stereocenters. The molecule has 1 heterocycles. The van der Waals surface area contributed by atoms with Crippen molar-refractivity contribution in [3.8, 4) is 0 Å². The molecule has 1 unspecified atom stereocenters. The minimum Gasteiger partial charge on any atom is -0.467 e. The maximum atomic E-state index is 11.6. The summed E-state index contributed by atoms with van der Waals surface area (Å²) in [7, 11) is -2.00. The van der Waals surface area contributed by atoms with Gasteiger partial charge in [-0.05, 0) is 6.42 Å². The minimum atomic E-state index is -3.30. The third-order valence-corrected chi connectivity index (χ3v) is 3.70. The summed E-state index contributed by atoms with van der Waals surface area (Å²) in [6.45, 7) is 2.01. The Morgan fingerprint density at radius 1 is 1.56 bits per heavy atom. The molecule has 0 saturated carbocycles. The van der Waals surface area contributed by atoms with Crippen LogP contribution < -0.4 is 0 Å². The number of unbranched alkanes of at least 4 members (excludes halogenated alkanes) is 1. The van der Waals surface area contributed by atoms with Gasteiger partial charge in [0, 0.05) is 12.5 Å². The number of hydrogen-bond acceptors (Lipinski definition) is 5. The van der Waals surface area contributed by atoms with Crippen LogP contribution in [0.4, 0.5) is 0 Å². The number of aromatic nitrogens is 2. The van der Waals surface area contributed by atoms with Gasteiger partial charge in [0.05, 0.1) is 13.3 Å². The van der Waals surface area contributed by atoms with Crippen molar-refractivity contribution in [2.75, 3.05) is 13.4 Å². The SMILES string of the molecule is CCCCC(C(=O)OC)n1cc(S(C)(=O)=O)cn1. The van der Waals surface area contributed by atoms with Gasteiger partial charge in [0.1, 0.15) is 10.9 Å². The summed E-state index contributed by atoms with van der Waals surface area (Å²) in [6, 6.07) is -0.564. The van der Waals surface area contributed by atoms with Crippen molar-refractivity contribution in [1.82, 2.24) is 9.78 Å². The molecule has 1 rings (SSSR count). The maximum Gasteiger partial charge on any atom is 0.330 e. The Morgan fingerprint density at radius 3 is 2.67 bits per heavy atom. The summed E-state index contributed by atoms with van der Waals surface area (Å²) in [5.74, 6) is -0.411. The van der Waals surface area contributed by atoms with Crippen molar-refractivity contribution in [3.05, 3.63) is 12.4 Å². The van der Waals surface area contributed by atoms with Crippen LogP contribution >= 0.6 is 0 Å². The number of ether oxygens (including phenoxy) is 1. The molecule has 0 spiro atoms. The van der Waals surface area contributed by atoms with E-state index in [2.05, 4.69) is 5.10 Å². The standard InChI is InChI=1S/C11H18N2O4S/c1-4-5-6-10(11(14)17-2)13-8-9(7-12-13)18(3,15)16/h7-8,10H,4-6H2,1-3H3. The van der Waals surface area contributed by atoms with Crippen LogP contribution in [-0.4, -0.2) is 37.5 Å². The Morgan fingerprint density at radius 2 is 2.22 bits per heavy atom. The fourth-order valence-electron chi connectivity index (χ4n) is 1.57. The maximum absolute atomic E-state index is 11.6. The lowest BCUT2D eigenvalue weighted by Gasteiger charge is -2.14. The zero-order valence-electron chi connectivity index (χ0n) is 10.8. The molecule has 0 amide bonds. The Bertz CT molecular complexity index is 507. The molecule has 0 radical (unpaired) electrons. The van der Waals surface area contributed by atoms with Crippen molar-refractivity contribution >= 4 is 15.8 Å². The first-order chi connectivity index (χ1) is 8.40. The van der Waals surface area contributed by atoms with Crippen LogP contribution in [0.5, 0.6) is 0 Å². The number of methoxy groups -OCH3 is 1. The second-order valence-corrected chi connectivity index (χ2v) is 6.13. The molecular weight excluding hydrogens is 256 g/mol. The van der Waals surface area contributed by atoms with Gasteiger partial charge in [-0.2, -0.15) is 5.10 Å². The number of carbonyl (C=O) groups is 1. The van der Waals surface area contributed by atoms with Gasteiger partial charge < -0.3 is 4.74 Å². The highest BCUT2D eigenvalue weighted by atomic mass is 32.2. The van der Waals surface area contributed by atoms with Crippen molar-refractivity contribution in [1.29, 1.82) is 0 Å². The molecule has 0 aliphatic heterocycles. The van der Waals surface area contributed by atoms with Gasteiger partial charge in [-0.25, -0.2) is 13.2 Å². The van der Waals surface area contributed by atoms with E-state index in [1.165, 1.54) is 24.2 Å². The van der Waals surface area contributed by atoms with Crippen LogP contribution in [0.25, 0.3) is 0 Å². The Balaban J connectivity index is 2.99. The van der Waals surface area contributed by atoms with Crippen molar-refractivity contribution < 1.29 is 17.9 Å². The third-order valence-electron chi connectivity index (χ3n) is 2.63. The van der Waals surface area contributed by atoms with E-state index in [1.54, 1.807) is 0 Å². The van der Waals surface area contributed by atoms with E-state index in [9.17, 15) is 13.2 Å². The van der Waals surface area contributed by atoms with Crippen LogP contribution in [0.1, 0.15) is 32.2 Å². The first-order valence-electron chi connectivity index (χ1n) is 5.72. The zero-order chi connectivity index (χ0) is 13.8. The van der Waals surface area contributed by atoms with Crippen LogP contribution in [0.2, 0.25) is 0 Å². The Hall–Kier alpha value is -1.37. The van der Waals surface area contributed by atoms with Gasteiger partial charge >= 0.3 is 5.97 Å². The van der Waals surface area contributed by atoms with Gasteiger partial charge in [-0.3, -0.25) is 4.68 Å². The first-order valence-corrected chi connectivity index (χ1v) is 7.61. The molecule has 6 nitrogen and oxygen atoms in total. The van der Waals surface area contributed by atoms with E-state index in [0.717, 1.165) is 19.1 Å². The van der Waals surface area contributed by atoms with Gasteiger partial charge in [-0.15, -0.1) is 0 Å². The molecule has 0 N–H and O–H groups in total. The predicted octanol–water partition coefficient (Wildman–Crippen LogP) is 1.19. The van der Waals surface area contributed by atoms with Gasteiger partial charge in [0.25, 0.3) is 0 Å². The average Bonchev–Trinajstić information content (AvgIpc) is 2.78. The normalized spacial score (nSPS) is 13.3. The summed E-state index contributed by atoms with van der Waals surface area (Å²) in [5, 5.41) is 3.94. The highest BCUT2D eigenvalue weighted by Gasteiger charge is 2.23. The number of esters is 1. The van der Waals surface area contributed by atoms with Crippen LogP contribution in [0, 0.1) is 0 Å². The second kappa shape index (κ2) is 5.99. The molecule has 0 saturated heterocycles. The molecule has 0 aromatic carbocycles. The lowest BCUT2D eigenvalue weighted by Crippen LogP contribution is -2.21. The number of carbonyl (C=O) groups excluding carboxylic acids is 1. The molecule has 0 bridgehead atoms. The monoisotopic (exact) mass is 274 g/mol. The summed E-state index contributed by atoms with van der Waals surface area (Å²) < 4.78 is 28.8. The summed E-state index contributed by atoms with van der Waals surface area (Å²) in [6.07, 6.45) is 6.08. The van der Waals surface area contributed by atoms with Crippen molar-refractivity contribution in [2.45, 2.75) is 37.1 Å². The lowest BCUT2D eigenvalue weighted by atomic mass is 10.1. The quantitative estimate of drug-likeness (QED) is 0.728. The second-order valence-electron chi connectivity index (χ2n) is 4.11. The fourth-order valence-corrected chi connectivity index (χ4v) is 2.11. The molecule has 0 aliphatic rings. The molecule has 1 aromatic heterocycles. The van der Waals surface area contributed by atoms with Crippen molar-refractivity contribution in [3.63, 3.8) is 0 Å². The van der Waals surface area contributed by atoms with E-state index in [1.807, 2.05) is 6.92 Å². The fraction of sp³-hybridized carbons (Fsp3) is 0.636. The molecule has 102 valence electrons. The highest BCUT2D eigenvalue weighted by molar-refractivity contribution is 7.90. The molecule has 18 heavy (non-hydrogen) atoms. The van der Waals surface area contributed by atoms with E-state index < -0.39 is 21.8 Å². The van der Waals surface area contributed by atoms with Crippen molar-refractivity contribution in [2.24, 2.45) is 0 Å². The largest absolute Gasteiger partial charge is 0.467 e. The number of nitrogens with zero attached hydrogens (tertiary/aromatic N) is 2. The van der Waals surface area contributed by atoms with Gasteiger partial charge in [0.15, 0.2) is 9.84 Å². The van der Waals surface area contributed by atoms with Crippen LogP contribution in [0.3, 0.4) is 0 Å². The van der Waals surface area contributed by atoms with E-state index in [0.29, 0.717) is 6.42 Å². The molecule has 1 aromatic rings. The highest BCUT2D eigenvalue weighted by Crippen LogP contribution is 2.18. The van der Waals surface area contributed by atoms with E-state index >= 15 is 0 Å². The summed E-state index contributed by atoms with van der Waals surface area (Å²) in [5.41, 5.74) is 0. The van der Waals surface area contributed by atoms with E-state index in [-0.39, 0.29) is 4.90 Å². The first kappa shape index (κ1) is 14.7. The molecule has 0 aliphatic carbocycles. The van der Waals surface area contributed by atoms with Gasteiger partial charge in [0.2, 0.25) is 0 Å². The van der Waals surface area contributed by atoms with E-state index in [4.69, 9.17) is 4.74 Å². The number of hydrogen-bond donors (Lipinski definition) is 0. The summed E-state index contributed by atoms with van der Waals surface area (Å²) >= 11 is 0. The third kappa shape index (κ3) is 3.56. The number of rotatable bonds is 6. The number of sulfone groups is 1. The smallest absolute Gasteiger partial charge is 0.330 e. The van der Waals surface area contributed by atoms with Gasteiger partial charge in [-0.1, -0.05) is 19.8 Å². The zero-order valence-corrected chi connectivity index (χ0v) is 11.6.